The van der Waals surface area contributed by atoms with E-state index in [1.165, 1.54) is 20.8 Å². The lowest BCUT2D eigenvalue weighted by Gasteiger charge is -2.33. The molecule has 0 spiro atoms. The van der Waals surface area contributed by atoms with Crippen molar-refractivity contribution in [1.29, 1.82) is 0 Å². The maximum atomic E-state index is 12.7. The van der Waals surface area contributed by atoms with Gasteiger partial charge in [0.25, 0.3) is 6.10 Å². The number of halogens is 6. The molecule has 29 heavy (non-hydrogen) atoms. The molecule has 1 heterocycles. The summed E-state index contributed by atoms with van der Waals surface area (Å²) < 4.78 is 90.7. The molecule has 0 amide bonds. The molecule has 3 aliphatic rings. The second kappa shape index (κ2) is 6.49. The quantitative estimate of drug-likeness (QED) is 0.388. The summed E-state index contributed by atoms with van der Waals surface area (Å²) in [4.78, 5) is 36.6. The van der Waals surface area contributed by atoms with Crippen LogP contribution < -0.4 is 0 Å². The van der Waals surface area contributed by atoms with E-state index in [1.54, 1.807) is 0 Å². The highest BCUT2D eigenvalue weighted by Gasteiger charge is 2.71. The highest BCUT2D eigenvalue weighted by atomic mass is 19.4. The first-order valence-corrected chi connectivity index (χ1v) is 8.79. The first kappa shape index (κ1) is 21.7. The van der Waals surface area contributed by atoms with Gasteiger partial charge in [0.05, 0.1) is 17.3 Å². The van der Waals surface area contributed by atoms with E-state index in [4.69, 9.17) is 9.47 Å². The lowest BCUT2D eigenvalue weighted by Crippen LogP contribution is -2.49. The van der Waals surface area contributed by atoms with Crippen molar-refractivity contribution in [2.75, 3.05) is 0 Å². The molecular weight excluding hydrogens is 414 g/mol. The largest absolute Gasteiger partial charge is 0.458 e. The third kappa shape index (κ3) is 3.65. The van der Waals surface area contributed by atoms with Gasteiger partial charge in [-0.3, -0.25) is 14.4 Å². The predicted octanol–water partition coefficient (Wildman–Crippen LogP) is 2.79. The van der Waals surface area contributed by atoms with Crippen LogP contribution in [0.15, 0.2) is 0 Å². The first-order chi connectivity index (χ1) is 13.0. The standard InChI is InChI=1S/C17H18F6O6/c1-15(2,3)14(26)28-10-6-4-5-7(11(24)27-9(5)10)8(6)12(25)29-13(16(18,19)20)17(21,22)23/h5-10,13H,4H2,1-3H3. The van der Waals surface area contributed by atoms with Gasteiger partial charge in [-0.15, -0.1) is 0 Å². The van der Waals surface area contributed by atoms with E-state index in [1.807, 2.05) is 0 Å². The molecule has 2 bridgehead atoms. The van der Waals surface area contributed by atoms with Crippen LogP contribution in [0.1, 0.15) is 27.2 Å². The zero-order valence-corrected chi connectivity index (χ0v) is 15.5. The van der Waals surface area contributed by atoms with Crippen molar-refractivity contribution in [2.45, 2.75) is 57.9 Å². The van der Waals surface area contributed by atoms with Gasteiger partial charge in [-0.1, -0.05) is 0 Å². The number of carbonyl (C=O) groups is 3. The molecule has 0 aromatic rings. The van der Waals surface area contributed by atoms with Gasteiger partial charge < -0.3 is 14.2 Å². The zero-order valence-electron chi connectivity index (χ0n) is 15.5. The molecule has 0 aromatic heterocycles. The van der Waals surface area contributed by atoms with Crippen molar-refractivity contribution in [1.82, 2.24) is 0 Å². The van der Waals surface area contributed by atoms with Crippen LogP contribution in [-0.4, -0.2) is 48.6 Å². The van der Waals surface area contributed by atoms with Gasteiger partial charge in [-0.25, -0.2) is 0 Å². The molecule has 2 saturated carbocycles. The molecule has 6 unspecified atom stereocenters. The van der Waals surface area contributed by atoms with Gasteiger partial charge in [-0.2, -0.15) is 26.3 Å². The molecule has 0 aromatic carbocycles. The summed E-state index contributed by atoms with van der Waals surface area (Å²) in [6.45, 7) is 4.61. The Hall–Kier alpha value is -2.01. The Morgan fingerprint density at radius 3 is 2.07 bits per heavy atom. The van der Waals surface area contributed by atoms with Gasteiger partial charge in [0.2, 0.25) is 0 Å². The maximum absolute atomic E-state index is 12.7. The van der Waals surface area contributed by atoms with Crippen molar-refractivity contribution < 1.29 is 54.9 Å². The Labute approximate surface area is 160 Å². The van der Waals surface area contributed by atoms with E-state index in [9.17, 15) is 40.7 Å². The number of fused-ring (bicyclic) bond motifs is 1. The predicted molar refractivity (Wildman–Crippen MR) is 79.8 cm³/mol. The number of esters is 3. The zero-order chi connectivity index (χ0) is 22.1. The average Bonchev–Trinajstić information content (AvgIpc) is 3.12. The van der Waals surface area contributed by atoms with Gasteiger partial charge in [0.15, 0.2) is 0 Å². The highest BCUT2D eigenvalue weighted by Crippen LogP contribution is 2.59. The van der Waals surface area contributed by atoms with Crippen LogP contribution in [0, 0.1) is 29.1 Å². The van der Waals surface area contributed by atoms with Crippen LogP contribution in [0.5, 0.6) is 0 Å². The summed E-state index contributed by atoms with van der Waals surface area (Å²) in [6.07, 6.45) is -18.0. The molecule has 2 aliphatic carbocycles. The normalized spacial score (nSPS) is 33.8. The monoisotopic (exact) mass is 432 g/mol. The Morgan fingerprint density at radius 1 is 1.03 bits per heavy atom. The summed E-state index contributed by atoms with van der Waals surface area (Å²) in [5.41, 5.74) is -0.961. The summed E-state index contributed by atoms with van der Waals surface area (Å²) in [7, 11) is 0. The number of hydrogen-bond acceptors (Lipinski definition) is 6. The van der Waals surface area contributed by atoms with E-state index in [0.29, 0.717) is 0 Å². The molecule has 1 aliphatic heterocycles. The van der Waals surface area contributed by atoms with Crippen LogP contribution in [0.4, 0.5) is 26.3 Å². The van der Waals surface area contributed by atoms with Gasteiger partial charge in [-0.05, 0) is 27.2 Å². The fourth-order valence-corrected chi connectivity index (χ4v) is 4.28. The summed E-state index contributed by atoms with van der Waals surface area (Å²) in [5.74, 6) is -7.88. The smallest absolute Gasteiger partial charge is 0.434 e. The van der Waals surface area contributed by atoms with Crippen molar-refractivity contribution in [3.05, 3.63) is 0 Å². The van der Waals surface area contributed by atoms with E-state index >= 15 is 0 Å². The van der Waals surface area contributed by atoms with E-state index in [-0.39, 0.29) is 6.42 Å². The SMILES string of the molecule is CC(C)(C)C(=O)OC1C2CC3C1OC(=O)C3C2C(=O)OC(C(F)(F)F)C(F)(F)F. The summed E-state index contributed by atoms with van der Waals surface area (Å²) in [5, 5.41) is 0. The molecule has 6 atom stereocenters. The van der Waals surface area contributed by atoms with Crippen LogP contribution in [0.2, 0.25) is 0 Å². The number of ether oxygens (including phenoxy) is 3. The minimum absolute atomic E-state index is 0.0889. The number of rotatable bonds is 3. The molecule has 164 valence electrons. The number of alkyl halides is 6. The molecule has 6 nitrogen and oxygen atoms in total. The second-order valence-corrected chi connectivity index (χ2v) is 8.54. The van der Waals surface area contributed by atoms with Crippen molar-refractivity contribution in [3.63, 3.8) is 0 Å². The molecule has 3 rings (SSSR count). The van der Waals surface area contributed by atoms with Crippen LogP contribution in [0.3, 0.4) is 0 Å². The Kier molecular flexibility index (Phi) is 4.86. The van der Waals surface area contributed by atoms with Gasteiger partial charge >= 0.3 is 30.3 Å². The van der Waals surface area contributed by atoms with Gasteiger partial charge in [0, 0.05) is 11.8 Å². The van der Waals surface area contributed by atoms with Crippen molar-refractivity contribution in [3.8, 4) is 0 Å². The van der Waals surface area contributed by atoms with E-state index in [2.05, 4.69) is 4.74 Å². The third-order valence-corrected chi connectivity index (χ3v) is 5.50. The number of carbonyl (C=O) groups excluding carboxylic acids is 3. The molecular formula is C17H18F6O6. The molecule has 0 radical (unpaired) electrons. The summed E-state index contributed by atoms with van der Waals surface area (Å²) in [6, 6.07) is 0. The molecule has 3 fully saturated rings. The van der Waals surface area contributed by atoms with Crippen LogP contribution in [-0.2, 0) is 28.6 Å². The van der Waals surface area contributed by atoms with Crippen LogP contribution >= 0.6 is 0 Å². The van der Waals surface area contributed by atoms with Gasteiger partial charge in [0.1, 0.15) is 12.2 Å². The van der Waals surface area contributed by atoms with E-state index < -0.39 is 77.7 Å². The number of hydrogen-bond donors (Lipinski definition) is 0. The van der Waals surface area contributed by atoms with Crippen LogP contribution in [0.25, 0.3) is 0 Å². The summed E-state index contributed by atoms with van der Waals surface area (Å²) >= 11 is 0. The maximum Gasteiger partial charge on any atom is 0.434 e. The lowest BCUT2D eigenvalue weighted by molar-refractivity contribution is -0.315. The molecule has 12 heteroatoms. The molecule has 1 saturated heterocycles. The third-order valence-electron chi connectivity index (χ3n) is 5.50. The Bertz CT molecular complexity index is 709. The van der Waals surface area contributed by atoms with E-state index in [0.717, 1.165) is 0 Å². The minimum atomic E-state index is -5.87. The Balaban J connectivity index is 1.85. The minimum Gasteiger partial charge on any atom is -0.458 e. The van der Waals surface area contributed by atoms with Crippen molar-refractivity contribution >= 4 is 17.9 Å². The molecule has 0 N–H and O–H groups in total. The first-order valence-electron chi connectivity index (χ1n) is 8.79. The second-order valence-electron chi connectivity index (χ2n) is 8.54. The van der Waals surface area contributed by atoms with Crippen molar-refractivity contribution in [2.24, 2.45) is 29.1 Å². The average molecular weight is 432 g/mol. The fourth-order valence-electron chi connectivity index (χ4n) is 4.28. The highest BCUT2D eigenvalue weighted by molar-refractivity contribution is 5.86. The fraction of sp³-hybridized carbons (Fsp3) is 0.824. The lowest BCUT2D eigenvalue weighted by atomic mass is 9.78. The topological polar surface area (TPSA) is 78.9 Å². The Morgan fingerprint density at radius 2 is 1.59 bits per heavy atom.